The van der Waals surface area contributed by atoms with Gasteiger partial charge < -0.3 is 9.73 Å². The summed E-state index contributed by atoms with van der Waals surface area (Å²) in [5.74, 6) is 1.08. The Morgan fingerprint density at radius 3 is 3.12 bits per heavy atom. The fraction of sp³-hybridized carbons (Fsp3) is 0.353. The zero-order valence-corrected chi connectivity index (χ0v) is 14.7. The molecule has 4 rings (SSSR count). The third-order valence-corrected chi connectivity index (χ3v) is 6.29. The van der Waals surface area contributed by atoms with Gasteiger partial charge in [-0.05, 0) is 43.4 Å². The SMILES string of the molecule is O=C(CSc1ncnc2sc3c(c12)CCCC3)NCc1ccco1. The minimum absolute atomic E-state index is 0.0211. The van der Waals surface area contributed by atoms with E-state index in [1.54, 1.807) is 23.9 Å². The molecule has 3 heterocycles. The van der Waals surface area contributed by atoms with E-state index in [2.05, 4.69) is 15.3 Å². The average Bonchev–Trinajstić information content (AvgIpc) is 3.25. The van der Waals surface area contributed by atoms with Crippen molar-refractivity contribution >= 4 is 39.2 Å². The van der Waals surface area contributed by atoms with Crippen LogP contribution in [0.5, 0.6) is 0 Å². The standard InChI is InChI=1S/C17H17N3O2S2/c21-14(18-8-11-4-3-7-22-11)9-23-16-15-12-5-1-2-6-13(12)24-17(15)20-10-19-16/h3-4,7,10H,1-2,5-6,8-9H2,(H,18,21). The Morgan fingerprint density at radius 2 is 2.25 bits per heavy atom. The van der Waals surface area contributed by atoms with Crippen LogP contribution in [0.3, 0.4) is 0 Å². The van der Waals surface area contributed by atoms with Crippen molar-refractivity contribution < 1.29 is 9.21 Å². The van der Waals surface area contributed by atoms with Crippen molar-refractivity contribution in [2.75, 3.05) is 5.75 Å². The van der Waals surface area contributed by atoms with Gasteiger partial charge in [-0.15, -0.1) is 11.3 Å². The van der Waals surface area contributed by atoms with Crippen LogP contribution in [0.2, 0.25) is 0 Å². The minimum atomic E-state index is -0.0211. The fourth-order valence-corrected chi connectivity index (χ4v) is 5.10. The fourth-order valence-electron chi connectivity index (χ4n) is 2.95. The van der Waals surface area contributed by atoms with Crippen LogP contribution in [-0.2, 0) is 24.2 Å². The van der Waals surface area contributed by atoms with Gasteiger partial charge in [0.1, 0.15) is 21.9 Å². The molecule has 0 saturated heterocycles. The van der Waals surface area contributed by atoms with Crippen molar-refractivity contribution in [3.05, 3.63) is 40.9 Å². The van der Waals surface area contributed by atoms with E-state index in [9.17, 15) is 4.79 Å². The number of nitrogens with one attached hydrogen (secondary N) is 1. The Morgan fingerprint density at radius 1 is 1.33 bits per heavy atom. The van der Waals surface area contributed by atoms with E-state index in [1.165, 1.54) is 40.4 Å². The summed E-state index contributed by atoms with van der Waals surface area (Å²) in [5, 5.41) is 4.96. The van der Waals surface area contributed by atoms with Crippen molar-refractivity contribution in [2.45, 2.75) is 37.3 Å². The molecule has 0 bridgehead atoms. The number of aromatic nitrogens is 2. The van der Waals surface area contributed by atoms with E-state index in [0.29, 0.717) is 12.3 Å². The first-order chi connectivity index (χ1) is 11.8. The second-order valence-corrected chi connectivity index (χ2v) is 7.76. The molecule has 124 valence electrons. The molecule has 1 aliphatic rings. The predicted molar refractivity (Wildman–Crippen MR) is 95.3 cm³/mol. The molecule has 0 saturated carbocycles. The van der Waals surface area contributed by atoms with Gasteiger partial charge in [0.25, 0.3) is 0 Å². The molecule has 0 radical (unpaired) electrons. The molecule has 0 atom stereocenters. The van der Waals surface area contributed by atoms with Gasteiger partial charge in [0.15, 0.2) is 0 Å². The van der Waals surface area contributed by atoms with Crippen molar-refractivity contribution in [1.29, 1.82) is 0 Å². The highest BCUT2D eigenvalue weighted by atomic mass is 32.2. The number of nitrogens with zero attached hydrogens (tertiary/aromatic N) is 2. The number of thiophene rings is 1. The molecule has 0 aromatic carbocycles. The Labute approximate surface area is 147 Å². The van der Waals surface area contributed by atoms with Crippen LogP contribution in [0.4, 0.5) is 0 Å². The third-order valence-electron chi connectivity index (χ3n) is 4.10. The van der Waals surface area contributed by atoms with E-state index >= 15 is 0 Å². The maximum absolute atomic E-state index is 12.1. The lowest BCUT2D eigenvalue weighted by molar-refractivity contribution is -0.118. The van der Waals surface area contributed by atoms with Crippen LogP contribution in [0.15, 0.2) is 34.2 Å². The molecular weight excluding hydrogens is 342 g/mol. The van der Waals surface area contributed by atoms with Crippen LogP contribution in [0, 0.1) is 0 Å². The van der Waals surface area contributed by atoms with Crippen LogP contribution < -0.4 is 5.32 Å². The van der Waals surface area contributed by atoms with Gasteiger partial charge in [-0.3, -0.25) is 4.79 Å². The zero-order chi connectivity index (χ0) is 16.4. The molecule has 3 aromatic heterocycles. The van der Waals surface area contributed by atoms with Crippen molar-refractivity contribution in [2.24, 2.45) is 0 Å². The van der Waals surface area contributed by atoms with Crippen molar-refractivity contribution in [1.82, 2.24) is 15.3 Å². The van der Waals surface area contributed by atoms with E-state index in [-0.39, 0.29) is 5.91 Å². The number of fused-ring (bicyclic) bond motifs is 3. The molecule has 0 spiro atoms. The van der Waals surface area contributed by atoms with E-state index in [0.717, 1.165) is 28.5 Å². The normalized spacial score (nSPS) is 13.8. The number of amides is 1. The number of thioether (sulfide) groups is 1. The summed E-state index contributed by atoms with van der Waals surface area (Å²) in [5.41, 5.74) is 1.40. The summed E-state index contributed by atoms with van der Waals surface area (Å²) >= 11 is 3.26. The van der Waals surface area contributed by atoms with Crippen LogP contribution in [-0.4, -0.2) is 21.6 Å². The van der Waals surface area contributed by atoms with E-state index in [1.807, 2.05) is 12.1 Å². The quantitative estimate of drug-likeness (QED) is 0.557. The van der Waals surface area contributed by atoms with Gasteiger partial charge in [0.2, 0.25) is 5.91 Å². The van der Waals surface area contributed by atoms with Crippen LogP contribution in [0.1, 0.15) is 29.0 Å². The summed E-state index contributed by atoms with van der Waals surface area (Å²) < 4.78 is 5.22. The van der Waals surface area contributed by atoms with E-state index in [4.69, 9.17) is 4.42 Å². The van der Waals surface area contributed by atoms with Crippen LogP contribution >= 0.6 is 23.1 Å². The number of aryl methyl sites for hydroxylation is 2. The molecule has 1 N–H and O–H groups in total. The number of hydrogen-bond donors (Lipinski definition) is 1. The second-order valence-electron chi connectivity index (χ2n) is 5.71. The highest BCUT2D eigenvalue weighted by Crippen LogP contribution is 2.39. The highest BCUT2D eigenvalue weighted by molar-refractivity contribution is 8.00. The minimum Gasteiger partial charge on any atom is -0.467 e. The summed E-state index contributed by atoms with van der Waals surface area (Å²) in [6.07, 6.45) is 7.93. The Balaban J connectivity index is 1.46. The number of rotatable bonds is 5. The van der Waals surface area contributed by atoms with Gasteiger partial charge >= 0.3 is 0 Å². The summed E-state index contributed by atoms with van der Waals surface area (Å²) in [7, 11) is 0. The molecule has 0 unspecified atom stereocenters. The number of furan rings is 1. The Bertz CT molecular complexity index is 858. The number of carbonyl (C=O) groups excluding carboxylic acids is 1. The molecule has 0 fully saturated rings. The first kappa shape index (κ1) is 15.7. The molecule has 0 aliphatic heterocycles. The molecule has 24 heavy (non-hydrogen) atoms. The lowest BCUT2D eigenvalue weighted by Crippen LogP contribution is -2.24. The number of hydrogen-bond acceptors (Lipinski definition) is 6. The first-order valence-electron chi connectivity index (χ1n) is 7.98. The topological polar surface area (TPSA) is 68.0 Å². The first-order valence-corrected chi connectivity index (χ1v) is 9.78. The Hall–Kier alpha value is -1.86. The third kappa shape index (κ3) is 3.18. The van der Waals surface area contributed by atoms with Crippen molar-refractivity contribution in [3.63, 3.8) is 0 Å². The maximum atomic E-state index is 12.1. The molecule has 1 aliphatic carbocycles. The smallest absolute Gasteiger partial charge is 0.230 e. The van der Waals surface area contributed by atoms with Crippen molar-refractivity contribution in [3.8, 4) is 0 Å². The Kier molecular flexibility index (Phi) is 4.53. The van der Waals surface area contributed by atoms with Gasteiger partial charge in [0, 0.05) is 10.3 Å². The molecular formula is C17H17N3O2S2. The predicted octanol–water partition coefficient (Wildman–Crippen LogP) is 3.57. The molecule has 5 nitrogen and oxygen atoms in total. The zero-order valence-electron chi connectivity index (χ0n) is 13.1. The largest absolute Gasteiger partial charge is 0.467 e. The summed E-state index contributed by atoms with van der Waals surface area (Å²) in [6, 6.07) is 3.66. The highest BCUT2D eigenvalue weighted by Gasteiger charge is 2.20. The summed E-state index contributed by atoms with van der Waals surface area (Å²) in [4.78, 5) is 23.4. The van der Waals surface area contributed by atoms with Gasteiger partial charge in [-0.2, -0.15) is 0 Å². The maximum Gasteiger partial charge on any atom is 0.230 e. The van der Waals surface area contributed by atoms with Crippen LogP contribution in [0.25, 0.3) is 10.2 Å². The van der Waals surface area contributed by atoms with Gasteiger partial charge in [0.05, 0.1) is 18.6 Å². The molecule has 7 heteroatoms. The monoisotopic (exact) mass is 359 g/mol. The number of carbonyl (C=O) groups is 1. The molecule has 3 aromatic rings. The van der Waals surface area contributed by atoms with Gasteiger partial charge in [-0.1, -0.05) is 11.8 Å². The lowest BCUT2D eigenvalue weighted by Gasteiger charge is -2.11. The lowest BCUT2D eigenvalue weighted by atomic mass is 9.97. The molecule has 1 amide bonds. The van der Waals surface area contributed by atoms with E-state index < -0.39 is 0 Å². The summed E-state index contributed by atoms with van der Waals surface area (Å²) in [6.45, 7) is 0.416. The van der Waals surface area contributed by atoms with Gasteiger partial charge in [-0.25, -0.2) is 9.97 Å². The second kappa shape index (κ2) is 6.94. The average molecular weight is 359 g/mol.